The second-order valence-corrected chi connectivity index (χ2v) is 2.97. The van der Waals surface area contributed by atoms with Crippen LogP contribution in [0.15, 0.2) is 24.7 Å². The summed E-state index contributed by atoms with van der Waals surface area (Å²) < 4.78 is 13.1. The molecule has 0 aliphatic heterocycles. The Balaban J connectivity index is 2.22. The minimum absolute atomic E-state index is 0.297. The summed E-state index contributed by atoms with van der Waals surface area (Å²) in [7, 11) is 0. The Morgan fingerprint density at radius 2 is 2.07 bits per heavy atom. The Kier molecular flexibility index (Phi) is 2.22. The summed E-state index contributed by atoms with van der Waals surface area (Å²) >= 11 is 0. The van der Waals surface area contributed by atoms with Crippen molar-refractivity contribution in [3.05, 3.63) is 41.7 Å². The zero-order chi connectivity index (χ0) is 9.97. The molecule has 5 heteroatoms. The number of hydrogen-bond acceptors (Lipinski definition) is 3. The summed E-state index contributed by atoms with van der Waals surface area (Å²) in [4.78, 5) is 5.39. The van der Waals surface area contributed by atoms with E-state index in [1.54, 1.807) is 25.5 Å². The van der Waals surface area contributed by atoms with Crippen molar-refractivity contribution < 1.29 is 4.39 Å². The average molecular weight is 192 g/mol. The summed E-state index contributed by atoms with van der Waals surface area (Å²) in [5, 5.41) is 7.84. The highest BCUT2D eigenvalue weighted by molar-refractivity contribution is 5.15. The van der Waals surface area contributed by atoms with E-state index < -0.39 is 0 Å². The third kappa shape index (κ3) is 1.76. The van der Waals surface area contributed by atoms with Crippen LogP contribution in [0.2, 0.25) is 0 Å². The summed E-state index contributed by atoms with van der Waals surface area (Å²) in [6.07, 6.45) is 4.79. The van der Waals surface area contributed by atoms with Gasteiger partial charge in [-0.05, 0) is 18.6 Å². The van der Waals surface area contributed by atoms with Crippen molar-refractivity contribution in [1.29, 1.82) is 0 Å². The molecule has 2 rings (SSSR count). The Labute approximate surface area is 80.4 Å². The first-order chi connectivity index (χ1) is 6.75. The van der Waals surface area contributed by atoms with E-state index >= 15 is 0 Å². The fraction of sp³-hybridized carbons (Fsp3) is 0.222. The topological polar surface area (TPSA) is 43.6 Å². The Hall–Kier alpha value is -1.78. The molecule has 0 saturated carbocycles. The van der Waals surface area contributed by atoms with Crippen LogP contribution in [0.3, 0.4) is 0 Å². The van der Waals surface area contributed by atoms with Crippen LogP contribution in [0.5, 0.6) is 0 Å². The summed E-state index contributed by atoms with van der Waals surface area (Å²) in [6.45, 7) is 2.07. The molecule has 0 atom stereocenters. The highest BCUT2D eigenvalue weighted by Crippen LogP contribution is 2.06. The van der Waals surface area contributed by atoms with Gasteiger partial charge in [0.1, 0.15) is 5.82 Å². The Bertz CT molecular complexity index is 424. The van der Waals surface area contributed by atoms with Gasteiger partial charge in [0.15, 0.2) is 0 Å². The highest BCUT2D eigenvalue weighted by atomic mass is 19.1. The second kappa shape index (κ2) is 3.53. The lowest BCUT2D eigenvalue weighted by molar-refractivity contribution is 0.574. The van der Waals surface area contributed by atoms with Gasteiger partial charge in [-0.2, -0.15) is 15.0 Å². The van der Waals surface area contributed by atoms with Gasteiger partial charge in [0, 0.05) is 6.20 Å². The molecule has 2 aromatic heterocycles. The third-order valence-electron chi connectivity index (χ3n) is 1.87. The van der Waals surface area contributed by atoms with Crippen molar-refractivity contribution in [2.45, 2.75) is 13.5 Å². The van der Waals surface area contributed by atoms with Gasteiger partial charge in [0.2, 0.25) is 0 Å². The number of hydrogen-bond donors (Lipinski definition) is 0. The number of aryl methyl sites for hydroxylation is 1. The first kappa shape index (κ1) is 8.80. The third-order valence-corrected chi connectivity index (χ3v) is 1.87. The molecule has 0 aliphatic carbocycles. The maximum atomic E-state index is 13.1. The van der Waals surface area contributed by atoms with Gasteiger partial charge in [0.05, 0.1) is 24.6 Å². The quantitative estimate of drug-likeness (QED) is 0.717. The molecular formula is C9H9FN4. The number of rotatable bonds is 2. The molecule has 0 aliphatic rings. The van der Waals surface area contributed by atoms with Crippen LogP contribution >= 0.6 is 0 Å². The molecule has 2 aromatic rings. The molecule has 0 radical (unpaired) electrons. The molecule has 4 nitrogen and oxygen atoms in total. The first-order valence-corrected chi connectivity index (χ1v) is 4.21. The van der Waals surface area contributed by atoms with Crippen molar-refractivity contribution in [1.82, 2.24) is 20.0 Å². The van der Waals surface area contributed by atoms with Gasteiger partial charge in [-0.15, -0.1) is 0 Å². The highest BCUT2D eigenvalue weighted by Gasteiger charge is 2.01. The molecule has 14 heavy (non-hydrogen) atoms. The SMILES string of the molecule is Cc1ncc(Cn2nccn2)cc1F. The van der Waals surface area contributed by atoms with Gasteiger partial charge < -0.3 is 0 Å². The Morgan fingerprint density at radius 3 is 2.71 bits per heavy atom. The minimum atomic E-state index is -0.297. The van der Waals surface area contributed by atoms with E-state index in [1.165, 1.54) is 10.9 Å². The number of aromatic nitrogens is 4. The van der Waals surface area contributed by atoms with Crippen LogP contribution in [0.1, 0.15) is 11.3 Å². The smallest absolute Gasteiger partial charge is 0.144 e. The van der Waals surface area contributed by atoms with Crippen molar-refractivity contribution in [2.24, 2.45) is 0 Å². The zero-order valence-corrected chi connectivity index (χ0v) is 7.68. The maximum absolute atomic E-state index is 13.1. The van der Waals surface area contributed by atoms with Crippen LogP contribution < -0.4 is 0 Å². The molecule has 0 spiro atoms. The lowest BCUT2D eigenvalue weighted by Crippen LogP contribution is -2.04. The molecule has 72 valence electrons. The molecule has 0 saturated heterocycles. The molecule has 0 unspecified atom stereocenters. The van der Waals surface area contributed by atoms with Gasteiger partial charge in [-0.25, -0.2) is 4.39 Å². The van der Waals surface area contributed by atoms with Gasteiger partial charge in [-0.3, -0.25) is 4.98 Å². The van der Waals surface area contributed by atoms with E-state index in [1.807, 2.05) is 0 Å². The summed E-state index contributed by atoms with van der Waals surface area (Å²) in [5.74, 6) is -0.297. The standard InChI is InChI=1S/C9H9FN4/c1-7-9(10)4-8(5-11-7)6-14-12-2-3-13-14/h2-5H,6H2,1H3. The zero-order valence-electron chi connectivity index (χ0n) is 7.68. The van der Waals surface area contributed by atoms with E-state index in [4.69, 9.17) is 0 Å². The lowest BCUT2D eigenvalue weighted by Gasteiger charge is -2.01. The monoisotopic (exact) mass is 192 g/mol. The molecule has 0 N–H and O–H groups in total. The van der Waals surface area contributed by atoms with Gasteiger partial charge in [-0.1, -0.05) is 0 Å². The van der Waals surface area contributed by atoms with Crippen LogP contribution in [0, 0.1) is 12.7 Å². The van der Waals surface area contributed by atoms with Crippen LogP contribution in [0.4, 0.5) is 4.39 Å². The normalized spacial score (nSPS) is 10.4. The van der Waals surface area contributed by atoms with E-state index in [0.717, 1.165) is 5.56 Å². The van der Waals surface area contributed by atoms with Gasteiger partial charge in [0.25, 0.3) is 0 Å². The largest absolute Gasteiger partial charge is 0.258 e. The fourth-order valence-corrected chi connectivity index (χ4v) is 1.12. The van der Waals surface area contributed by atoms with E-state index in [0.29, 0.717) is 12.2 Å². The summed E-state index contributed by atoms with van der Waals surface area (Å²) in [6, 6.07) is 1.45. The lowest BCUT2D eigenvalue weighted by atomic mass is 10.2. The predicted octanol–water partition coefficient (Wildman–Crippen LogP) is 1.17. The molecule has 0 fully saturated rings. The first-order valence-electron chi connectivity index (χ1n) is 4.21. The molecule has 0 amide bonds. The minimum Gasteiger partial charge on any atom is -0.258 e. The molecule has 0 bridgehead atoms. The maximum Gasteiger partial charge on any atom is 0.144 e. The van der Waals surface area contributed by atoms with Crippen molar-refractivity contribution in [2.75, 3.05) is 0 Å². The number of halogens is 1. The van der Waals surface area contributed by atoms with Crippen molar-refractivity contribution in [3.63, 3.8) is 0 Å². The average Bonchev–Trinajstić information content (AvgIpc) is 2.64. The number of nitrogens with zero attached hydrogens (tertiary/aromatic N) is 4. The predicted molar refractivity (Wildman–Crippen MR) is 48.1 cm³/mol. The van der Waals surface area contributed by atoms with Gasteiger partial charge >= 0.3 is 0 Å². The van der Waals surface area contributed by atoms with Crippen molar-refractivity contribution >= 4 is 0 Å². The number of pyridine rings is 1. The van der Waals surface area contributed by atoms with E-state index in [-0.39, 0.29) is 5.82 Å². The summed E-state index contributed by atoms with van der Waals surface area (Å²) in [5.41, 5.74) is 1.16. The van der Waals surface area contributed by atoms with Crippen LogP contribution in [-0.4, -0.2) is 20.0 Å². The fourth-order valence-electron chi connectivity index (χ4n) is 1.12. The molecule has 2 heterocycles. The second-order valence-electron chi connectivity index (χ2n) is 2.97. The van der Waals surface area contributed by atoms with E-state index in [9.17, 15) is 4.39 Å². The Morgan fingerprint density at radius 1 is 1.36 bits per heavy atom. The van der Waals surface area contributed by atoms with Crippen LogP contribution in [0.25, 0.3) is 0 Å². The molecular weight excluding hydrogens is 183 g/mol. The van der Waals surface area contributed by atoms with E-state index in [2.05, 4.69) is 15.2 Å². The van der Waals surface area contributed by atoms with Crippen molar-refractivity contribution in [3.8, 4) is 0 Å². The molecule has 0 aromatic carbocycles. The van der Waals surface area contributed by atoms with Crippen LogP contribution in [-0.2, 0) is 6.54 Å².